The number of pyridine rings is 1. The van der Waals surface area contributed by atoms with E-state index in [0.29, 0.717) is 52.4 Å². The van der Waals surface area contributed by atoms with Crippen LogP contribution >= 0.6 is 11.8 Å². The summed E-state index contributed by atoms with van der Waals surface area (Å²) in [6, 6.07) is 8.31. The van der Waals surface area contributed by atoms with Gasteiger partial charge in [0.05, 0.1) is 28.1 Å². The average Bonchev–Trinajstić information content (AvgIpc) is 3.26. The molecule has 2 aliphatic rings. The van der Waals surface area contributed by atoms with E-state index in [1.807, 2.05) is 6.92 Å². The van der Waals surface area contributed by atoms with Gasteiger partial charge in [-0.3, -0.25) is 19.9 Å². The Hall–Kier alpha value is -4.16. The summed E-state index contributed by atoms with van der Waals surface area (Å²) in [6.45, 7) is 4.36. The molecule has 0 radical (unpaired) electrons. The quantitative estimate of drug-likeness (QED) is 0.345. The maximum atomic E-state index is 14.5. The molecule has 2 saturated heterocycles. The van der Waals surface area contributed by atoms with Gasteiger partial charge in [-0.25, -0.2) is 19.2 Å². The lowest BCUT2D eigenvalue weighted by Gasteiger charge is -2.32. The van der Waals surface area contributed by atoms with Crippen LogP contribution in [0.2, 0.25) is 0 Å². The standard InChI is InChI=1S/C28H27FN6O4S/c1-16-2-3-20(26(37)38)21(10-16)23-11-18(22(29)15-32-23)14-30-13-17-5-8-35(9-6-17)27-31-7-4-19(33-27)12-24-25(36)34-28(39)40-24/h2-4,7,10-12,15,17,30H,5-6,8-9,13-14H2,1H3,(H,37,38)(H,34,36,39). The molecule has 0 unspecified atom stereocenters. The molecular weight excluding hydrogens is 535 g/mol. The summed E-state index contributed by atoms with van der Waals surface area (Å²) in [5, 5.41) is 14.7. The summed E-state index contributed by atoms with van der Waals surface area (Å²) in [4.78, 5) is 50.3. The number of anilines is 1. The number of carboxylic acids is 1. The fourth-order valence-corrected chi connectivity index (χ4v) is 5.38. The van der Waals surface area contributed by atoms with E-state index < -0.39 is 22.9 Å². The number of imide groups is 1. The Bertz CT molecular complexity index is 1510. The smallest absolute Gasteiger partial charge is 0.336 e. The van der Waals surface area contributed by atoms with E-state index in [2.05, 4.69) is 30.5 Å². The molecule has 3 aromatic rings. The predicted molar refractivity (Wildman–Crippen MR) is 149 cm³/mol. The van der Waals surface area contributed by atoms with Crippen LogP contribution in [0.3, 0.4) is 0 Å². The summed E-state index contributed by atoms with van der Waals surface area (Å²) in [5.41, 5.74) is 2.88. The molecular formula is C28H27FN6O4S. The Kier molecular flexibility index (Phi) is 8.17. The number of aromatic carboxylic acids is 1. The highest BCUT2D eigenvalue weighted by molar-refractivity contribution is 8.18. The van der Waals surface area contributed by atoms with Crippen LogP contribution in [0.15, 0.2) is 47.6 Å². The third-order valence-corrected chi connectivity index (χ3v) is 7.66. The number of hydrogen-bond acceptors (Lipinski definition) is 9. The van der Waals surface area contributed by atoms with Crippen molar-refractivity contribution in [1.82, 2.24) is 25.6 Å². The van der Waals surface area contributed by atoms with Crippen LogP contribution in [0.5, 0.6) is 0 Å². The van der Waals surface area contributed by atoms with Crippen LogP contribution in [0.1, 0.15) is 40.0 Å². The molecule has 4 heterocycles. The first-order valence-corrected chi connectivity index (χ1v) is 13.6. The number of nitrogens with one attached hydrogen (secondary N) is 2. The first-order valence-electron chi connectivity index (χ1n) is 12.8. The molecule has 0 aliphatic carbocycles. The number of aromatic nitrogens is 3. The number of thioether (sulfide) groups is 1. The van der Waals surface area contributed by atoms with E-state index in [-0.39, 0.29) is 5.56 Å². The number of hydrogen-bond donors (Lipinski definition) is 3. The molecule has 0 atom stereocenters. The molecule has 0 spiro atoms. The Balaban J connectivity index is 1.16. The zero-order chi connectivity index (χ0) is 28.2. The van der Waals surface area contributed by atoms with Gasteiger partial charge < -0.3 is 15.3 Å². The number of carbonyl (C=O) groups is 3. The summed E-state index contributed by atoms with van der Waals surface area (Å²) >= 11 is 0.849. The van der Waals surface area contributed by atoms with E-state index in [4.69, 9.17) is 0 Å². The van der Waals surface area contributed by atoms with Gasteiger partial charge in [0.25, 0.3) is 11.1 Å². The monoisotopic (exact) mass is 562 g/mol. The SMILES string of the molecule is Cc1ccc(C(=O)O)c(-c2cc(CNCC3CCN(c4nccc(C=C5SC(=O)NC5=O)n4)CC3)c(F)cn2)c1. The Labute approximate surface area is 234 Å². The van der Waals surface area contributed by atoms with E-state index in [9.17, 15) is 23.9 Å². The van der Waals surface area contributed by atoms with Crippen molar-refractivity contribution in [2.75, 3.05) is 24.5 Å². The third kappa shape index (κ3) is 6.35. The number of carboxylic acid groups (broad SMARTS) is 1. The molecule has 1 aromatic carbocycles. The van der Waals surface area contributed by atoms with Crippen molar-refractivity contribution in [3.8, 4) is 11.3 Å². The number of nitrogens with zero attached hydrogens (tertiary/aromatic N) is 4. The van der Waals surface area contributed by atoms with E-state index >= 15 is 0 Å². The average molecular weight is 563 g/mol. The molecule has 0 bridgehead atoms. The van der Waals surface area contributed by atoms with Crippen LogP contribution in [-0.4, -0.2) is 56.8 Å². The van der Waals surface area contributed by atoms with Crippen LogP contribution in [0, 0.1) is 18.7 Å². The maximum Gasteiger partial charge on any atom is 0.336 e. The van der Waals surface area contributed by atoms with Crippen LogP contribution in [0.25, 0.3) is 17.3 Å². The fourth-order valence-electron chi connectivity index (χ4n) is 4.72. The van der Waals surface area contributed by atoms with Crippen LogP contribution in [-0.2, 0) is 11.3 Å². The highest BCUT2D eigenvalue weighted by atomic mass is 32.2. The van der Waals surface area contributed by atoms with E-state index in [1.165, 1.54) is 6.07 Å². The normalized spacial score (nSPS) is 16.9. The second-order valence-electron chi connectivity index (χ2n) is 9.71. The number of aryl methyl sites for hydroxylation is 1. The molecule has 0 saturated carbocycles. The summed E-state index contributed by atoms with van der Waals surface area (Å²) in [6.07, 6.45) is 6.14. The molecule has 206 valence electrons. The molecule has 2 amide bonds. The highest BCUT2D eigenvalue weighted by Crippen LogP contribution is 2.27. The van der Waals surface area contributed by atoms with E-state index in [0.717, 1.165) is 49.5 Å². The Morgan fingerprint density at radius 2 is 2.02 bits per heavy atom. The molecule has 2 fully saturated rings. The molecule has 2 aliphatic heterocycles. The summed E-state index contributed by atoms with van der Waals surface area (Å²) in [7, 11) is 0. The number of amides is 2. The zero-order valence-corrected chi connectivity index (χ0v) is 22.5. The molecule has 2 aromatic heterocycles. The van der Waals surface area contributed by atoms with Gasteiger partial charge in [0, 0.05) is 37.0 Å². The minimum absolute atomic E-state index is 0.125. The van der Waals surface area contributed by atoms with Crippen LogP contribution in [0.4, 0.5) is 15.1 Å². The number of carbonyl (C=O) groups excluding carboxylic acids is 2. The Morgan fingerprint density at radius 1 is 1.23 bits per heavy atom. The minimum atomic E-state index is -1.06. The van der Waals surface area contributed by atoms with Gasteiger partial charge in [-0.15, -0.1) is 0 Å². The van der Waals surface area contributed by atoms with Crippen molar-refractivity contribution in [3.05, 3.63) is 75.8 Å². The predicted octanol–water partition coefficient (Wildman–Crippen LogP) is 4.01. The zero-order valence-electron chi connectivity index (χ0n) is 21.7. The van der Waals surface area contributed by atoms with Crippen molar-refractivity contribution >= 4 is 40.9 Å². The number of rotatable bonds is 8. The number of piperidine rings is 1. The fraction of sp³-hybridized carbons (Fsp3) is 0.286. The lowest BCUT2D eigenvalue weighted by atomic mass is 9.97. The second-order valence-corrected chi connectivity index (χ2v) is 10.7. The van der Waals surface area contributed by atoms with Gasteiger partial charge in [-0.1, -0.05) is 11.6 Å². The van der Waals surface area contributed by atoms with Crippen molar-refractivity contribution in [3.63, 3.8) is 0 Å². The van der Waals surface area contributed by atoms with Gasteiger partial charge in [0.15, 0.2) is 0 Å². The van der Waals surface area contributed by atoms with Gasteiger partial charge in [0.1, 0.15) is 5.82 Å². The first kappa shape index (κ1) is 27.4. The first-order chi connectivity index (χ1) is 19.3. The van der Waals surface area contributed by atoms with Crippen molar-refractivity contribution in [2.45, 2.75) is 26.3 Å². The minimum Gasteiger partial charge on any atom is -0.478 e. The number of benzene rings is 1. The third-order valence-electron chi connectivity index (χ3n) is 6.85. The second kappa shape index (κ2) is 11.9. The maximum absolute atomic E-state index is 14.5. The molecule has 5 rings (SSSR count). The largest absolute Gasteiger partial charge is 0.478 e. The van der Waals surface area contributed by atoms with Gasteiger partial charge in [-0.05, 0) is 74.3 Å². The van der Waals surface area contributed by atoms with Crippen molar-refractivity contribution in [1.29, 1.82) is 0 Å². The molecule has 12 heteroatoms. The number of halogens is 1. The van der Waals surface area contributed by atoms with Gasteiger partial charge in [-0.2, -0.15) is 0 Å². The van der Waals surface area contributed by atoms with Gasteiger partial charge >= 0.3 is 5.97 Å². The summed E-state index contributed by atoms with van der Waals surface area (Å²) < 4.78 is 14.5. The summed E-state index contributed by atoms with van der Waals surface area (Å²) in [5.74, 6) is -0.977. The van der Waals surface area contributed by atoms with Crippen molar-refractivity contribution in [2.24, 2.45) is 5.92 Å². The lowest BCUT2D eigenvalue weighted by Crippen LogP contribution is -2.38. The highest BCUT2D eigenvalue weighted by Gasteiger charge is 2.26. The molecule has 10 nitrogen and oxygen atoms in total. The molecule has 40 heavy (non-hydrogen) atoms. The van der Waals surface area contributed by atoms with E-state index in [1.54, 1.807) is 36.5 Å². The molecule has 3 N–H and O–H groups in total. The van der Waals surface area contributed by atoms with Crippen LogP contribution < -0.4 is 15.5 Å². The van der Waals surface area contributed by atoms with Gasteiger partial charge in [0.2, 0.25) is 5.95 Å². The lowest BCUT2D eigenvalue weighted by molar-refractivity contribution is -0.115. The Morgan fingerprint density at radius 3 is 2.75 bits per heavy atom. The van der Waals surface area contributed by atoms with Crippen molar-refractivity contribution < 1.29 is 23.9 Å². The topological polar surface area (TPSA) is 137 Å².